The molecule has 0 aliphatic carbocycles. The summed E-state index contributed by atoms with van der Waals surface area (Å²) in [5.41, 5.74) is 2.25. The fourth-order valence-corrected chi connectivity index (χ4v) is 3.14. The summed E-state index contributed by atoms with van der Waals surface area (Å²) in [7, 11) is 0. The Balaban J connectivity index is 0.000000469. The Hall–Kier alpha value is -3.01. The van der Waals surface area contributed by atoms with Gasteiger partial charge in [0.2, 0.25) is 0 Å². The highest BCUT2D eigenvalue weighted by atomic mass is 35.5. The van der Waals surface area contributed by atoms with Crippen molar-refractivity contribution in [3.05, 3.63) is 74.8 Å². The number of carboxylic acid groups (broad SMARTS) is 2. The first kappa shape index (κ1) is 23.3. The first-order valence-electron chi connectivity index (χ1n) is 9.14. The van der Waals surface area contributed by atoms with Crippen molar-refractivity contribution in [2.45, 2.75) is 13.1 Å². The molecule has 1 aliphatic rings. The Bertz CT molecular complexity index is 870. The minimum absolute atomic E-state index is 0.209. The molecule has 0 radical (unpaired) electrons. The molecule has 1 saturated heterocycles. The van der Waals surface area contributed by atoms with E-state index in [1.165, 1.54) is 5.56 Å². The normalized spacial score (nSPS) is 14.4. The highest BCUT2D eigenvalue weighted by Crippen LogP contribution is 2.20. The molecule has 0 spiro atoms. The second-order valence-corrected chi connectivity index (χ2v) is 7.11. The van der Waals surface area contributed by atoms with Crippen LogP contribution in [0.4, 0.5) is 5.69 Å². The summed E-state index contributed by atoms with van der Waals surface area (Å²) < 4.78 is 0. The monoisotopic (exact) mass is 435 g/mol. The first-order chi connectivity index (χ1) is 14.3. The molecule has 0 unspecified atom stereocenters. The van der Waals surface area contributed by atoms with Gasteiger partial charge in [0, 0.05) is 55.9 Å². The molecular weight excluding hydrogens is 414 g/mol. The number of nitro groups is 1. The van der Waals surface area contributed by atoms with Crippen LogP contribution in [0.15, 0.2) is 48.5 Å². The Morgan fingerprint density at radius 1 is 0.900 bits per heavy atom. The molecule has 0 amide bonds. The lowest BCUT2D eigenvalue weighted by Crippen LogP contribution is -2.45. The van der Waals surface area contributed by atoms with Crippen LogP contribution in [0.3, 0.4) is 0 Å². The van der Waals surface area contributed by atoms with Crippen molar-refractivity contribution in [2.24, 2.45) is 0 Å². The third-order valence-corrected chi connectivity index (χ3v) is 4.80. The molecule has 0 aromatic heterocycles. The lowest BCUT2D eigenvalue weighted by atomic mass is 10.1. The van der Waals surface area contributed by atoms with Gasteiger partial charge in [-0.15, -0.1) is 0 Å². The van der Waals surface area contributed by atoms with E-state index >= 15 is 0 Å². The third-order valence-electron chi connectivity index (χ3n) is 4.55. The van der Waals surface area contributed by atoms with Crippen LogP contribution in [0.5, 0.6) is 0 Å². The smallest absolute Gasteiger partial charge is 0.414 e. The van der Waals surface area contributed by atoms with Crippen molar-refractivity contribution in [1.82, 2.24) is 9.80 Å². The van der Waals surface area contributed by atoms with E-state index in [2.05, 4.69) is 21.9 Å². The van der Waals surface area contributed by atoms with E-state index in [0.717, 1.165) is 43.3 Å². The van der Waals surface area contributed by atoms with Crippen LogP contribution in [-0.2, 0) is 22.7 Å². The number of carboxylic acids is 2. The number of aliphatic carboxylic acids is 2. The molecule has 2 aromatic carbocycles. The molecule has 0 atom stereocenters. The number of carbonyl (C=O) groups is 2. The summed E-state index contributed by atoms with van der Waals surface area (Å²) in [5, 5.41) is 26.7. The predicted molar refractivity (Wildman–Crippen MR) is 110 cm³/mol. The van der Waals surface area contributed by atoms with E-state index in [0.29, 0.717) is 6.54 Å². The zero-order valence-corrected chi connectivity index (χ0v) is 16.9. The van der Waals surface area contributed by atoms with Crippen molar-refractivity contribution in [1.29, 1.82) is 0 Å². The molecule has 1 heterocycles. The molecule has 9 nitrogen and oxygen atoms in total. The number of hydrogen-bond donors (Lipinski definition) is 2. The molecule has 2 N–H and O–H groups in total. The maximum Gasteiger partial charge on any atom is 0.414 e. The van der Waals surface area contributed by atoms with Crippen LogP contribution >= 0.6 is 11.6 Å². The topological polar surface area (TPSA) is 124 Å². The van der Waals surface area contributed by atoms with E-state index in [9.17, 15) is 10.1 Å². The molecule has 2 aromatic rings. The van der Waals surface area contributed by atoms with Gasteiger partial charge in [-0.2, -0.15) is 0 Å². The molecule has 3 rings (SSSR count). The molecular formula is C20H22ClN3O6. The highest BCUT2D eigenvalue weighted by molar-refractivity contribution is 6.30. The number of para-hydroxylation sites is 1. The maximum atomic E-state index is 11.1. The largest absolute Gasteiger partial charge is 0.473 e. The second kappa shape index (κ2) is 11.2. The van der Waals surface area contributed by atoms with Gasteiger partial charge in [0.15, 0.2) is 0 Å². The number of hydrogen-bond acceptors (Lipinski definition) is 6. The Labute approximate surface area is 178 Å². The quantitative estimate of drug-likeness (QED) is 0.417. The summed E-state index contributed by atoms with van der Waals surface area (Å²) in [6, 6.07) is 14.9. The molecule has 1 fully saturated rings. The average Bonchev–Trinajstić information content (AvgIpc) is 2.72. The lowest BCUT2D eigenvalue weighted by Gasteiger charge is -2.34. The summed E-state index contributed by atoms with van der Waals surface area (Å²) in [4.78, 5) is 33.7. The van der Waals surface area contributed by atoms with Crippen molar-refractivity contribution < 1.29 is 24.7 Å². The van der Waals surface area contributed by atoms with Crippen LogP contribution in [0, 0.1) is 10.1 Å². The molecule has 160 valence electrons. The minimum Gasteiger partial charge on any atom is -0.473 e. The van der Waals surface area contributed by atoms with Crippen molar-refractivity contribution in [2.75, 3.05) is 26.2 Å². The molecule has 10 heteroatoms. The van der Waals surface area contributed by atoms with Crippen molar-refractivity contribution in [3.63, 3.8) is 0 Å². The Morgan fingerprint density at radius 2 is 1.40 bits per heavy atom. The van der Waals surface area contributed by atoms with E-state index in [1.54, 1.807) is 12.1 Å². The standard InChI is InChI=1S/C18H20ClN3O2.C2H2O4/c19-17-7-5-15(6-8-17)13-20-9-11-21(12-10-20)14-16-3-1-2-4-18(16)22(23)24;3-1(4)2(5)6/h1-8H,9-14H2;(H,3,4)(H,5,6). The summed E-state index contributed by atoms with van der Waals surface area (Å²) in [6.07, 6.45) is 0. The third kappa shape index (κ3) is 7.43. The number of nitrogens with zero attached hydrogens (tertiary/aromatic N) is 3. The van der Waals surface area contributed by atoms with Gasteiger partial charge in [0.1, 0.15) is 0 Å². The van der Waals surface area contributed by atoms with Crippen molar-refractivity contribution >= 4 is 29.2 Å². The van der Waals surface area contributed by atoms with E-state index in [1.807, 2.05) is 24.3 Å². The molecule has 30 heavy (non-hydrogen) atoms. The lowest BCUT2D eigenvalue weighted by molar-refractivity contribution is -0.385. The second-order valence-electron chi connectivity index (χ2n) is 6.67. The van der Waals surface area contributed by atoms with E-state index < -0.39 is 11.9 Å². The fourth-order valence-electron chi connectivity index (χ4n) is 3.02. The number of rotatable bonds is 5. The van der Waals surface area contributed by atoms with Gasteiger partial charge in [-0.3, -0.25) is 19.9 Å². The number of halogens is 1. The van der Waals surface area contributed by atoms with Gasteiger partial charge in [0.05, 0.1) is 4.92 Å². The number of benzene rings is 2. The van der Waals surface area contributed by atoms with Gasteiger partial charge in [-0.1, -0.05) is 41.9 Å². The van der Waals surface area contributed by atoms with Crippen LogP contribution in [0.25, 0.3) is 0 Å². The van der Waals surface area contributed by atoms with Crippen LogP contribution in [0.1, 0.15) is 11.1 Å². The SMILES string of the molecule is O=C(O)C(=O)O.O=[N+]([O-])c1ccccc1CN1CCN(Cc2ccc(Cl)cc2)CC1. The van der Waals surface area contributed by atoms with Gasteiger partial charge in [-0.05, 0) is 17.7 Å². The minimum atomic E-state index is -1.82. The molecule has 0 saturated carbocycles. The Kier molecular flexibility index (Phi) is 8.72. The van der Waals surface area contributed by atoms with E-state index in [4.69, 9.17) is 31.4 Å². The number of nitro benzene ring substituents is 1. The average molecular weight is 436 g/mol. The van der Waals surface area contributed by atoms with Gasteiger partial charge in [0.25, 0.3) is 5.69 Å². The summed E-state index contributed by atoms with van der Waals surface area (Å²) >= 11 is 5.92. The summed E-state index contributed by atoms with van der Waals surface area (Å²) in [5.74, 6) is -3.65. The highest BCUT2D eigenvalue weighted by Gasteiger charge is 2.20. The summed E-state index contributed by atoms with van der Waals surface area (Å²) in [6.45, 7) is 5.30. The molecule has 0 bridgehead atoms. The van der Waals surface area contributed by atoms with Crippen LogP contribution < -0.4 is 0 Å². The zero-order valence-electron chi connectivity index (χ0n) is 16.1. The number of piperazine rings is 1. The maximum absolute atomic E-state index is 11.1. The zero-order chi connectivity index (χ0) is 22.1. The predicted octanol–water partition coefficient (Wildman–Crippen LogP) is 2.72. The van der Waals surface area contributed by atoms with Crippen molar-refractivity contribution in [3.8, 4) is 0 Å². The van der Waals surface area contributed by atoms with Crippen LogP contribution in [0.2, 0.25) is 5.02 Å². The van der Waals surface area contributed by atoms with Gasteiger partial charge < -0.3 is 10.2 Å². The first-order valence-corrected chi connectivity index (χ1v) is 9.51. The van der Waals surface area contributed by atoms with Gasteiger partial charge >= 0.3 is 11.9 Å². The van der Waals surface area contributed by atoms with E-state index in [-0.39, 0.29) is 10.6 Å². The van der Waals surface area contributed by atoms with Crippen LogP contribution in [-0.4, -0.2) is 63.1 Å². The van der Waals surface area contributed by atoms with Gasteiger partial charge in [-0.25, -0.2) is 9.59 Å². The fraction of sp³-hybridized carbons (Fsp3) is 0.300. The molecule has 1 aliphatic heterocycles. The Morgan fingerprint density at radius 3 is 1.90 bits per heavy atom.